The lowest BCUT2D eigenvalue weighted by molar-refractivity contribution is -0.115. The molecule has 0 aliphatic carbocycles. The summed E-state index contributed by atoms with van der Waals surface area (Å²) in [5, 5.41) is 2.99. The van der Waals surface area contributed by atoms with Crippen molar-refractivity contribution in [1.29, 1.82) is 0 Å². The number of hydrogen-bond donors (Lipinski definition) is 1. The van der Waals surface area contributed by atoms with E-state index < -0.39 is 0 Å². The molecule has 0 saturated carbocycles. The number of benzene rings is 2. The van der Waals surface area contributed by atoms with Crippen molar-refractivity contribution in [2.24, 2.45) is 0 Å². The van der Waals surface area contributed by atoms with Gasteiger partial charge in [0, 0.05) is 23.6 Å². The van der Waals surface area contributed by atoms with Gasteiger partial charge in [-0.1, -0.05) is 30.3 Å². The Morgan fingerprint density at radius 2 is 1.93 bits per heavy atom. The van der Waals surface area contributed by atoms with Crippen LogP contribution in [0.1, 0.15) is 16.7 Å². The van der Waals surface area contributed by atoms with Crippen LogP contribution in [0.5, 0.6) is 5.75 Å². The lowest BCUT2D eigenvalue weighted by Crippen LogP contribution is -2.14. The average molecular weight is 385 g/mol. The Hall–Kier alpha value is -3.60. The lowest BCUT2D eigenvalue weighted by Gasteiger charge is -2.09. The molecule has 0 unspecified atom stereocenters. The number of fused-ring (bicyclic) bond motifs is 1. The number of amides is 1. The van der Waals surface area contributed by atoms with E-state index in [9.17, 15) is 4.79 Å². The van der Waals surface area contributed by atoms with E-state index in [2.05, 4.69) is 5.32 Å². The topological polar surface area (TPSA) is 55.6 Å². The zero-order valence-corrected chi connectivity index (χ0v) is 16.8. The Labute approximate surface area is 170 Å². The fourth-order valence-corrected chi connectivity index (χ4v) is 3.49. The molecular weight excluding hydrogens is 362 g/mol. The number of carbonyl (C=O) groups is 1. The monoisotopic (exact) mass is 385 g/mol. The number of methoxy groups -OCH3 is 1. The van der Waals surface area contributed by atoms with Crippen molar-refractivity contribution in [3.8, 4) is 17.0 Å². The van der Waals surface area contributed by atoms with Crippen molar-refractivity contribution < 1.29 is 9.53 Å². The predicted molar refractivity (Wildman–Crippen MR) is 115 cm³/mol. The van der Waals surface area contributed by atoms with Crippen LogP contribution in [-0.4, -0.2) is 22.4 Å². The van der Waals surface area contributed by atoms with Crippen LogP contribution in [0.3, 0.4) is 0 Å². The number of ether oxygens (including phenoxy) is 1. The summed E-state index contributed by atoms with van der Waals surface area (Å²) in [6.07, 6.45) is 4.30. The van der Waals surface area contributed by atoms with Gasteiger partial charge in [0.15, 0.2) is 0 Å². The molecule has 0 radical (unpaired) electrons. The van der Waals surface area contributed by atoms with Gasteiger partial charge >= 0.3 is 0 Å². The third kappa shape index (κ3) is 3.99. The maximum Gasteiger partial charge on any atom is 0.228 e. The van der Waals surface area contributed by atoms with Gasteiger partial charge in [-0.3, -0.25) is 4.79 Å². The molecule has 5 nitrogen and oxygen atoms in total. The molecule has 146 valence electrons. The zero-order valence-electron chi connectivity index (χ0n) is 16.8. The molecule has 0 atom stereocenters. The third-order valence-electron chi connectivity index (χ3n) is 4.94. The van der Waals surface area contributed by atoms with Crippen molar-refractivity contribution in [1.82, 2.24) is 9.38 Å². The molecule has 1 amide bonds. The Bertz CT molecular complexity index is 1190. The quantitative estimate of drug-likeness (QED) is 0.536. The molecule has 0 bridgehead atoms. The molecule has 1 N–H and O–H groups in total. The SMILES string of the molecule is COc1ccc(CC(=O)Nc2cccc(-c3cn4cccc(C)c4n3)c2)cc1C. The standard InChI is InChI=1S/C24H23N3O2/c1-16-6-5-11-27-15-21(26-24(16)27)19-7-4-8-20(14-19)25-23(28)13-18-9-10-22(29-3)17(2)12-18/h4-12,14-15H,13H2,1-3H3,(H,25,28). The first-order chi connectivity index (χ1) is 14.0. The normalized spacial score (nSPS) is 10.9. The van der Waals surface area contributed by atoms with Crippen LogP contribution in [-0.2, 0) is 11.2 Å². The van der Waals surface area contributed by atoms with Gasteiger partial charge in [0.25, 0.3) is 0 Å². The third-order valence-corrected chi connectivity index (χ3v) is 4.94. The maximum absolute atomic E-state index is 12.5. The second-order valence-corrected chi connectivity index (χ2v) is 7.16. The molecule has 29 heavy (non-hydrogen) atoms. The Morgan fingerprint density at radius 1 is 1.07 bits per heavy atom. The van der Waals surface area contributed by atoms with Gasteiger partial charge in [-0.25, -0.2) is 4.98 Å². The van der Waals surface area contributed by atoms with E-state index in [1.54, 1.807) is 7.11 Å². The molecular formula is C24H23N3O2. The van der Waals surface area contributed by atoms with Crippen molar-refractivity contribution in [3.05, 3.63) is 83.7 Å². The minimum Gasteiger partial charge on any atom is -0.496 e. The highest BCUT2D eigenvalue weighted by Crippen LogP contribution is 2.24. The number of carbonyl (C=O) groups excluding carboxylic acids is 1. The summed E-state index contributed by atoms with van der Waals surface area (Å²) >= 11 is 0. The molecule has 0 fully saturated rings. The van der Waals surface area contributed by atoms with Gasteiger partial charge in [-0.05, 0) is 54.8 Å². The van der Waals surface area contributed by atoms with E-state index in [1.807, 2.05) is 85.2 Å². The summed E-state index contributed by atoms with van der Waals surface area (Å²) in [6.45, 7) is 4.02. The van der Waals surface area contributed by atoms with Gasteiger partial charge in [-0.2, -0.15) is 0 Å². The molecule has 2 heterocycles. The first-order valence-corrected chi connectivity index (χ1v) is 9.51. The first-order valence-electron chi connectivity index (χ1n) is 9.51. The molecule has 0 spiro atoms. The van der Waals surface area contributed by atoms with Gasteiger partial charge < -0.3 is 14.5 Å². The highest BCUT2D eigenvalue weighted by Gasteiger charge is 2.09. The molecule has 0 saturated heterocycles. The van der Waals surface area contributed by atoms with Crippen LogP contribution in [0.15, 0.2) is 67.0 Å². The predicted octanol–water partition coefficient (Wildman–Crippen LogP) is 4.81. The Balaban J connectivity index is 1.51. The fourth-order valence-electron chi connectivity index (χ4n) is 3.49. The summed E-state index contributed by atoms with van der Waals surface area (Å²) < 4.78 is 7.29. The molecule has 0 aliphatic heterocycles. The highest BCUT2D eigenvalue weighted by molar-refractivity contribution is 5.93. The van der Waals surface area contributed by atoms with Crippen LogP contribution in [0.25, 0.3) is 16.9 Å². The van der Waals surface area contributed by atoms with E-state index >= 15 is 0 Å². The Morgan fingerprint density at radius 3 is 2.69 bits per heavy atom. The molecule has 4 aromatic rings. The summed E-state index contributed by atoms with van der Waals surface area (Å²) in [5.74, 6) is 0.766. The summed E-state index contributed by atoms with van der Waals surface area (Å²) in [4.78, 5) is 17.3. The van der Waals surface area contributed by atoms with Crippen LogP contribution < -0.4 is 10.1 Å². The number of nitrogens with zero attached hydrogens (tertiary/aromatic N) is 2. The van der Waals surface area contributed by atoms with E-state index in [4.69, 9.17) is 9.72 Å². The van der Waals surface area contributed by atoms with Crippen LogP contribution in [0.2, 0.25) is 0 Å². The molecule has 0 aliphatic rings. The fraction of sp³-hybridized carbons (Fsp3) is 0.167. The van der Waals surface area contributed by atoms with Gasteiger partial charge in [0.1, 0.15) is 11.4 Å². The minimum absolute atomic E-state index is 0.0578. The van der Waals surface area contributed by atoms with E-state index in [-0.39, 0.29) is 5.91 Å². The molecule has 2 aromatic carbocycles. The van der Waals surface area contributed by atoms with Gasteiger partial charge in [0.05, 0.1) is 19.2 Å². The van der Waals surface area contributed by atoms with Crippen molar-refractivity contribution in [3.63, 3.8) is 0 Å². The number of aromatic nitrogens is 2. The number of anilines is 1. The van der Waals surface area contributed by atoms with Crippen LogP contribution in [0.4, 0.5) is 5.69 Å². The van der Waals surface area contributed by atoms with E-state index in [1.165, 1.54) is 0 Å². The van der Waals surface area contributed by atoms with Crippen molar-refractivity contribution >= 4 is 17.2 Å². The van der Waals surface area contributed by atoms with Gasteiger partial charge in [0.2, 0.25) is 5.91 Å². The number of nitrogens with one attached hydrogen (secondary N) is 1. The highest BCUT2D eigenvalue weighted by atomic mass is 16.5. The number of pyridine rings is 1. The summed E-state index contributed by atoms with van der Waals surface area (Å²) in [5.41, 5.74) is 6.62. The lowest BCUT2D eigenvalue weighted by atomic mass is 10.1. The number of imidazole rings is 1. The summed E-state index contributed by atoms with van der Waals surface area (Å²) in [6, 6.07) is 17.6. The first kappa shape index (κ1) is 18.7. The molecule has 5 heteroatoms. The van der Waals surface area contributed by atoms with Crippen LogP contribution >= 0.6 is 0 Å². The maximum atomic E-state index is 12.5. The van der Waals surface area contributed by atoms with E-state index in [0.29, 0.717) is 6.42 Å². The van der Waals surface area contributed by atoms with Crippen molar-refractivity contribution in [2.75, 3.05) is 12.4 Å². The molecule has 2 aromatic heterocycles. The second-order valence-electron chi connectivity index (χ2n) is 7.16. The Kier molecular flexibility index (Phi) is 5.04. The van der Waals surface area contributed by atoms with Crippen molar-refractivity contribution in [2.45, 2.75) is 20.3 Å². The zero-order chi connectivity index (χ0) is 20.4. The number of aryl methyl sites for hydroxylation is 2. The molecule has 4 rings (SSSR count). The van der Waals surface area contributed by atoms with Crippen LogP contribution in [0, 0.1) is 13.8 Å². The minimum atomic E-state index is -0.0578. The largest absolute Gasteiger partial charge is 0.496 e. The smallest absolute Gasteiger partial charge is 0.228 e. The van der Waals surface area contributed by atoms with E-state index in [0.717, 1.165) is 45.0 Å². The average Bonchev–Trinajstić information content (AvgIpc) is 3.14. The second kappa shape index (κ2) is 7.80. The number of hydrogen-bond acceptors (Lipinski definition) is 3. The number of rotatable bonds is 5. The van der Waals surface area contributed by atoms with Gasteiger partial charge in [-0.15, -0.1) is 0 Å². The summed E-state index contributed by atoms with van der Waals surface area (Å²) in [7, 11) is 1.64.